The van der Waals surface area contributed by atoms with E-state index in [2.05, 4.69) is 5.32 Å². The second kappa shape index (κ2) is 7.19. The molecule has 0 aromatic heterocycles. The first-order valence-corrected chi connectivity index (χ1v) is 6.98. The van der Waals surface area contributed by atoms with Crippen LogP contribution in [0.15, 0.2) is 18.2 Å². The Morgan fingerprint density at radius 3 is 2.73 bits per heavy atom. The Balaban J connectivity index is 2.12. The van der Waals surface area contributed by atoms with E-state index in [-0.39, 0.29) is 17.6 Å². The number of morpholine rings is 1. The van der Waals surface area contributed by atoms with E-state index in [0.29, 0.717) is 37.7 Å². The Morgan fingerprint density at radius 1 is 1.45 bits per heavy atom. The average molecular weight is 309 g/mol. The number of rotatable bonds is 5. The maximum atomic E-state index is 12.3. The summed E-state index contributed by atoms with van der Waals surface area (Å²) >= 11 is 0. The van der Waals surface area contributed by atoms with Gasteiger partial charge in [0, 0.05) is 25.2 Å². The van der Waals surface area contributed by atoms with Crippen LogP contribution in [-0.4, -0.2) is 55.2 Å². The highest BCUT2D eigenvalue weighted by atomic mass is 16.6. The molecule has 1 atom stereocenters. The van der Waals surface area contributed by atoms with Crippen LogP contribution in [0.1, 0.15) is 6.92 Å². The number of ether oxygens (including phenoxy) is 2. The first-order valence-electron chi connectivity index (χ1n) is 6.98. The predicted molar refractivity (Wildman–Crippen MR) is 80.1 cm³/mol. The number of benzene rings is 1. The van der Waals surface area contributed by atoms with Crippen molar-refractivity contribution in [1.82, 2.24) is 4.90 Å². The normalized spacial score (nSPS) is 16.8. The molecule has 0 aliphatic carbocycles. The van der Waals surface area contributed by atoms with Gasteiger partial charge in [-0.2, -0.15) is 0 Å². The molecule has 1 aromatic rings. The van der Waals surface area contributed by atoms with Crippen molar-refractivity contribution in [1.29, 1.82) is 0 Å². The summed E-state index contributed by atoms with van der Waals surface area (Å²) < 4.78 is 10.4. The lowest BCUT2D eigenvalue weighted by Gasteiger charge is -2.31. The number of hydrogen-bond acceptors (Lipinski definition) is 6. The first kappa shape index (κ1) is 16.2. The molecule has 1 N–H and O–H groups in total. The molecule has 1 heterocycles. The van der Waals surface area contributed by atoms with Crippen LogP contribution in [0.3, 0.4) is 0 Å². The molecule has 0 bridgehead atoms. The van der Waals surface area contributed by atoms with Crippen LogP contribution in [0, 0.1) is 10.1 Å². The zero-order valence-electron chi connectivity index (χ0n) is 12.6. The average Bonchev–Trinajstić information content (AvgIpc) is 2.54. The van der Waals surface area contributed by atoms with Crippen LogP contribution in [-0.2, 0) is 9.53 Å². The van der Waals surface area contributed by atoms with Crippen LogP contribution in [0.4, 0.5) is 11.4 Å². The minimum atomic E-state index is -0.513. The first-order chi connectivity index (χ1) is 10.5. The van der Waals surface area contributed by atoms with E-state index in [0.717, 1.165) is 0 Å². The summed E-state index contributed by atoms with van der Waals surface area (Å²) in [5, 5.41) is 13.6. The van der Waals surface area contributed by atoms with Crippen LogP contribution in [0.25, 0.3) is 0 Å². The molecule has 1 aromatic carbocycles. The van der Waals surface area contributed by atoms with Gasteiger partial charge in [0.2, 0.25) is 5.91 Å². The van der Waals surface area contributed by atoms with E-state index in [9.17, 15) is 14.9 Å². The predicted octanol–water partition coefficient (Wildman–Crippen LogP) is 1.26. The molecule has 22 heavy (non-hydrogen) atoms. The van der Waals surface area contributed by atoms with Crippen molar-refractivity contribution in [2.75, 3.05) is 38.7 Å². The van der Waals surface area contributed by atoms with Crippen LogP contribution >= 0.6 is 0 Å². The smallest absolute Gasteiger partial charge is 0.271 e. The maximum Gasteiger partial charge on any atom is 0.271 e. The summed E-state index contributed by atoms with van der Waals surface area (Å²) in [5.74, 6) is 0.147. The van der Waals surface area contributed by atoms with E-state index < -0.39 is 4.92 Å². The Bertz CT molecular complexity index is 557. The molecule has 2 rings (SSSR count). The molecule has 0 unspecified atom stereocenters. The highest BCUT2D eigenvalue weighted by molar-refractivity contribution is 5.96. The van der Waals surface area contributed by atoms with Crippen molar-refractivity contribution < 1.29 is 19.2 Å². The Kier molecular flexibility index (Phi) is 5.29. The second-order valence-corrected chi connectivity index (χ2v) is 4.96. The van der Waals surface area contributed by atoms with Gasteiger partial charge in [0.05, 0.1) is 37.0 Å². The van der Waals surface area contributed by atoms with E-state index in [4.69, 9.17) is 9.47 Å². The van der Waals surface area contributed by atoms with E-state index >= 15 is 0 Å². The third kappa shape index (κ3) is 3.71. The van der Waals surface area contributed by atoms with Crippen molar-refractivity contribution in [3.63, 3.8) is 0 Å². The number of nitrogens with one attached hydrogen (secondary N) is 1. The number of methoxy groups -OCH3 is 1. The standard InChI is InChI=1S/C14H19N3O5/c1-10(16-5-7-22-8-6-16)14(18)15-12-9-11(17(19)20)3-4-13(12)21-2/h3-4,9-10H,5-8H2,1-2H3,(H,15,18)/t10-/m0/s1. The minimum Gasteiger partial charge on any atom is -0.495 e. The van der Waals surface area contributed by atoms with Crippen molar-refractivity contribution in [3.05, 3.63) is 28.3 Å². The number of amides is 1. The lowest BCUT2D eigenvalue weighted by molar-refractivity contribution is -0.384. The zero-order chi connectivity index (χ0) is 16.1. The Labute approximate surface area is 128 Å². The van der Waals surface area contributed by atoms with Crippen LogP contribution in [0.2, 0.25) is 0 Å². The van der Waals surface area contributed by atoms with Crippen molar-refractivity contribution >= 4 is 17.3 Å². The number of nitro benzene ring substituents is 1. The molecule has 1 fully saturated rings. The van der Waals surface area contributed by atoms with Crippen LogP contribution < -0.4 is 10.1 Å². The third-order valence-electron chi connectivity index (χ3n) is 3.62. The number of nitrogens with zero attached hydrogens (tertiary/aromatic N) is 2. The lowest BCUT2D eigenvalue weighted by atomic mass is 10.2. The third-order valence-corrected chi connectivity index (χ3v) is 3.62. The largest absolute Gasteiger partial charge is 0.495 e. The van der Waals surface area contributed by atoms with Gasteiger partial charge in [-0.1, -0.05) is 0 Å². The van der Waals surface area contributed by atoms with Gasteiger partial charge in [-0.25, -0.2) is 0 Å². The van der Waals surface area contributed by atoms with Crippen molar-refractivity contribution in [2.24, 2.45) is 0 Å². The minimum absolute atomic E-state index is 0.102. The summed E-state index contributed by atoms with van der Waals surface area (Å²) in [6.07, 6.45) is 0. The molecular formula is C14H19N3O5. The Morgan fingerprint density at radius 2 is 2.14 bits per heavy atom. The van der Waals surface area contributed by atoms with Gasteiger partial charge < -0.3 is 14.8 Å². The van der Waals surface area contributed by atoms with Gasteiger partial charge in [0.25, 0.3) is 5.69 Å². The molecule has 8 heteroatoms. The highest BCUT2D eigenvalue weighted by Crippen LogP contribution is 2.29. The van der Waals surface area contributed by atoms with Gasteiger partial charge >= 0.3 is 0 Å². The van der Waals surface area contributed by atoms with Gasteiger partial charge in [-0.05, 0) is 13.0 Å². The fraction of sp³-hybridized carbons (Fsp3) is 0.500. The summed E-state index contributed by atoms with van der Waals surface area (Å²) in [5.41, 5.74) is 0.192. The number of non-ortho nitro benzene ring substituents is 1. The second-order valence-electron chi connectivity index (χ2n) is 4.96. The number of hydrogen-bond donors (Lipinski definition) is 1. The number of carbonyl (C=O) groups is 1. The fourth-order valence-electron chi connectivity index (χ4n) is 2.27. The quantitative estimate of drug-likeness (QED) is 0.650. The van der Waals surface area contributed by atoms with Gasteiger partial charge in [-0.15, -0.1) is 0 Å². The summed E-state index contributed by atoms with van der Waals surface area (Å²) in [6, 6.07) is 3.74. The van der Waals surface area contributed by atoms with Gasteiger partial charge in [0.1, 0.15) is 5.75 Å². The van der Waals surface area contributed by atoms with Gasteiger partial charge in [-0.3, -0.25) is 19.8 Å². The molecular weight excluding hydrogens is 290 g/mol. The Hall–Kier alpha value is -2.19. The maximum absolute atomic E-state index is 12.3. The van der Waals surface area contributed by atoms with Crippen LogP contribution in [0.5, 0.6) is 5.75 Å². The molecule has 1 aliphatic heterocycles. The summed E-state index contributed by atoms with van der Waals surface area (Å²) in [7, 11) is 1.45. The van der Waals surface area contributed by atoms with Crippen molar-refractivity contribution in [3.8, 4) is 5.75 Å². The zero-order valence-corrected chi connectivity index (χ0v) is 12.6. The number of anilines is 1. The molecule has 120 valence electrons. The molecule has 1 amide bonds. The summed E-state index contributed by atoms with van der Waals surface area (Å²) in [6.45, 7) is 4.35. The van der Waals surface area contributed by atoms with E-state index in [1.165, 1.54) is 25.3 Å². The molecule has 0 spiro atoms. The fourth-order valence-corrected chi connectivity index (χ4v) is 2.27. The topological polar surface area (TPSA) is 93.9 Å². The van der Waals surface area contributed by atoms with E-state index in [1.54, 1.807) is 6.92 Å². The molecule has 8 nitrogen and oxygen atoms in total. The number of carbonyl (C=O) groups excluding carboxylic acids is 1. The molecule has 0 saturated carbocycles. The molecule has 1 aliphatic rings. The molecule has 1 saturated heterocycles. The van der Waals surface area contributed by atoms with E-state index in [1.807, 2.05) is 4.90 Å². The molecule has 0 radical (unpaired) electrons. The highest BCUT2D eigenvalue weighted by Gasteiger charge is 2.24. The van der Waals surface area contributed by atoms with Crippen molar-refractivity contribution in [2.45, 2.75) is 13.0 Å². The van der Waals surface area contributed by atoms with Gasteiger partial charge in [0.15, 0.2) is 0 Å². The monoisotopic (exact) mass is 309 g/mol. The summed E-state index contributed by atoms with van der Waals surface area (Å²) in [4.78, 5) is 24.7. The lowest BCUT2D eigenvalue weighted by Crippen LogP contribution is -2.47. The SMILES string of the molecule is COc1ccc([N+](=O)[O-])cc1NC(=O)[C@H](C)N1CCOCC1. The number of nitro groups is 1.